The van der Waals surface area contributed by atoms with Crippen LogP contribution >= 0.6 is 0 Å². The number of aromatic nitrogens is 3. The number of nitriles is 1. The van der Waals surface area contributed by atoms with E-state index in [2.05, 4.69) is 10.2 Å². The van der Waals surface area contributed by atoms with Gasteiger partial charge in [0.2, 0.25) is 5.82 Å². The molecule has 6 heteroatoms. The molecule has 0 aliphatic rings. The lowest BCUT2D eigenvalue weighted by Gasteiger charge is -2.10. The van der Waals surface area contributed by atoms with Gasteiger partial charge in [0, 0.05) is 0 Å². The second-order valence-corrected chi connectivity index (χ2v) is 2.44. The van der Waals surface area contributed by atoms with Gasteiger partial charge in [-0.2, -0.15) is 5.26 Å². The summed E-state index contributed by atoms with van der Waals surface area (Å²) in [6.45, 7) is 1.72. The Labute approximate surface area is 74.4 Å². The average Bonchev–Trinajstić information content (AvgIpc) is 2.53. The number of nitrogens with zero attached hydrogens (tertiary/aromatic N) is 4. The summed E-state index contributed by atoms with van der Waals surface area (Å²) in [5, 5.41) is 24.3. The predicted molar refractivity (Wildman–Crippen MR) is 41.7 cm³/mol. The molecule has 13 heavy (non-hydrogen) atoms. The van der Waals surface area contributed by atoms with Gasteiger partial charge < -0.3 is 5.11 Å². The van der Waals surface area contributed by atoms with Gasteiger partial charge in [0.1, 0.15) is 18.4 Å². The van der Waals surface area contributed by atoms with Crippen LogP contribution < -0.4 is 0 Å². The van der Waals surface area contributed by atoms with Crippen LogP contribution in [0.1, 0.15) is 25.2 Å². The summed E-state index contributed by atoms with van der Waals surface area (Å²) >= 11 is 0. The van der Waals surface area contributed by atoms with Crippen molar-refractivity contribution in [2.45, 2.75) is 19.4 Å². The normalized spacial score (nSPS) is 12.0. The van der Waals surface area contributed by atoms with Crippen LogP contribution in [0.25, 0.3) is 0 Å². The van der Waals surface area contributed by atoms with Crippen molar-refractivity contribution in [3.05, 3.63) is 12.2 Å². The summed E-state index contributed by atoms with van der Waals surface area (Å²) in [5.74, 6) is -0.965. The Morgan fingerprint density at radius 1 is 1.92 bits per heavy atom. The van der Waals surface area contributed by atoms with E-state index in [1.54, 1.807) is 13.0 Å². The standard InChI is InChI=1S/C7H8N4O2/c1-2-5(7(12)13)11-4-9-10-6(11)3-8/h4-5H,2H2,1H3,(H,12,13). The zero-order valence-corrected chi connectivity index (χ0v) is 7.01. The summed E-state index contributed by atoms with van der Waals surface area (Å²) < 4.78 is 1.25. The molecular weight excluding hydrogens is 172 g/mol. The maximum absolute atomic E-state index is 10.7. The van der Waals surface area contributed by atoms with Crippen molar-refractivity contribution >= 4 is 5.97 Å². The van der Waals surface area contributed by atoms with E-state index in [0.717, 1.165) is 0 Å². The van der Waals surface area contributed by atoms with Crippen LogP contribution in [0.3, 0.4) is 0 Å². The van der Waals surface area contributed by atoms with Crippen LogP contribution in [0.5, 0.6) is 0 Å². The quantitative estimate of drug-likeness (QED) is 0.716. The predicted octanol–water partition coefficient (Wildman–Crippen LogP) is 0.185. The van der Waals surface area contributed by atoms with Gasteiger partial charge in [0.15, 0.2) is 0 Å². The van der Waals surface area contributed by atoms with Crippen LogP contribution in [-0.4, -0.2) is 25.8 Å². The number of carboxylic acids is 1. The van der Waals surface area contributed by atoms with Crippen LogP contribution in [0.2, 0.25) is 0 Å². The van der Waals surface area contributed by atoms with Gasteiger partial charge in [-0.3, -0.25) is 4.57 Å². The van der Waals surface area contributed by atoms with Gasteiger partial charge in [-0.05, 0) is 6.42 Å². The van der Waals surface area contributed by atoms with Gasteiger partial charge in [0.05, 0.1) is 0 Å². The summed E-state index contributed by atoms with van der Waals surface area (Å²) in [5.41, 5.74) is 0. The molecule has 0 aliphatic heterocycles. The van der Waals surface area contributed by atoms with Gasteiger partial charge in [-0.1, -0.05) is 6.92 Å². The lowest BCUT2D eigenvalue weighted by atomic mass is 10.2. The largest absolute Gasteiger partial charge is 0.480 e. The highest BCUT2D eigenvalue weighted by molar-refractivity contribution is 5.71. The Hall–Kier alpha value is -1.90. The first-order valence-corrected chi connectivity index (χ1v) is 3.73. The maximum atomic E-state index is 10.7. The molecule has 1 N–H and O–H groups in total. The van der Waals surface area contributed by atoms with E-state index in [0.29, 0.717) is 6.42 Å². The molecule has 0 spiro atoms. The molecule has 6 nitrogen and oxygen atoms in total. The number of rotatable bonds is 3. The zero-order valence-electron chi connectivity index (χ0n) is 7.01. The van der Waals surface area contributed by atoms with Crippen LogP contribution in [0, 0.1) is 11.3 Å². The number of hydrogen-bond acceptors (Lipinski definition) is 4. The minimum absolute atomic E-state index is 0.0225. The SMILES string of the molecule is CCC(C(=O)O)n1cnnc1C#N. The molecule has 0 saturated heterocycles. The van der Waals surface area contributed by atoms with Gasteiger partial charge in [0.25, 0.3) is 0 Å². The molecule has 0 aliphatic carbocycles. The molecular formula is C7H8N4O2. The van der Waals surface area contributed by atoms with E-state index >= 15 is 0 Å². The molecule has 1 unspecified atom stereocenters. The summed E-state index contributed by atoms with van der Waals surface area (Å²) in [7, 11) is 0. The summed E-state index contributed by atoms with van der Waals surface area (Å²) in [4.78, 5) is 10.7. The monoisotopic (exact) mass is 180 g/mol. The second kappa shape index (κ2) is 3.67. The first-order chi connectivity index (χ1) is 6.20. The Morgan fingerprint density at radius 3 is 3.08 bits per heavy atom. The molecule has 1 atom stereocenters. The number of hydrogen-bond donors (Lipinski definition) is 1. The third kappa shape index (κ3) is 1.64. The van der Waals surface area contributed by atoms with Gasteiger partial charge >= 0.3 is 5.97 Å². The minimum atomic E-state index is -0.987. The number of carbonyl (C=O) groups is 1. The zero-order chi connectivity index (χ0) is 9.84. The summed E-state index contributed by atoms with van der Waals surface area (Å²) in [6, 6.07) is 1.01. The first kappa shape index (κ1) is 9.19. The molecule has 68 valence electrons. The fourth-order valence-corrected chi connectivity index (χ4v) is 1.04. The van der Waals surface area contributed by atoms with Crippen molar-refractivity contribution in [1.29, 1.82) is 5.26 Å². The third-order valence-corrected chi connectivity index (χ3v) is 1.68. The fourth-order valence-electron chi connectivity index (χ4n) is 1.04. The van der Waals surface area contributed by atoms with Gasteiger partial charge in [-0.15, -0.1) is 10.2 Å². The molecule has 0 fully saturated rings. The maximum Gasteiger partial charge on any atom is 0.326 e. The van der Waals surface area contributed by atoms with Crippen molar-refractivity contribution in [2.24, 2.45) is 0 Å². The molecule has 0 radical (unpaired) electrons. The highest BCUT2D eigenvalue weighted by atomic mass is 16.4. The molecule has 0 aromatic carbocycles. The molecule has 1 heterocycles. The topological polar surface area (TPSA) is 91.8 Å². The van der Waals surface area contributed by atoms with Gasteiger partial charge in [-0.25, -0.2) is 4.79 Å². The van der Waals surface area contributed by atoms with E-state index < -0.39 is 12.0 Å². The Kier molecular flexibility index (Phi) is 2.59. The van der Waals surface area contributed by atoms with E-state index in [4.69, 9.17) is 10.4 Å². The number of carboxylic acid groups (broad SMARTS) is 1. The lowest BCUT2D eigenvalue weighted by Crippen LogP contribution is -2.18. The first-order valence-electron chi connectivity index (χ1n) is 3.73. The van der Waals surface area contributed by atoms with Crippen LogP contribution in [0.4, 0.5) is 0 Å². The van der Waals surface area contributed by atoms with Crippen molar-refractivity contribution in [3.8, 4) is 6.07 Å². The van der Waals surface area contributed by atoms with E-state index in [1.165, 1.54) is 10.9 Å². The molecule has 0 amide bonds. The second-order valence-electron chi connectivity index (χ2n) is 2.44. The molecule has 1 aromatic rings. The fraction of sp³-hybridized carbons (Fsp3) is 0.429. The minimum Gasteiger partial charge on any atom is -0.480 e. The molecule has 1 aromatic heterocycles. The molecule has 0 bridgehead atoms. The van der Waals surface area contributed by atoms with Crippen LogP contribution in [-0.2, 0) is 4.79 Å². The van der Waals surface area contributed by atoms with Crippen molar-refractivity contribution in [1.82, 2.24) is 14.8 Å². The molecule has 1 rings (SSSR count). The average molecular weight is 180 g/mol. The van der Waals surface area contributed by atoms with E-state index in [1.807, 2.05) is 0 Å². The van der Waals surface area contributed by atoms with Crippen molar-refractivity contribution in [3.63, 3.8) is 0 Å². The third-order valence-electron chi connectivity index (χ3n) is 1.68. The lowest BCUT2D eigenvalue weighted by molar-refractivity contribution is -0.141. The van der Waals surface area contributed by atoms with Crippen molar-refractivity contribution in [2.75, 3.05) is 0 Å². The Balaban J connectivity index is 3.05. The summed E-state index contributed by atoms with van der Waals surface area (Å²) in [6.07, 6.45) is 1.64. The number of aliphatic carboxylic acids is 1. The van der Waals surface area contributed by atoms with E-state index in [9.17, 15) is 4.79 Å². The highest BCUT2D eigenvalue weighted by Gasteiger charge is 2.20. The molecule has 0 saturated carbocycles. The Morgan fingerprint density at radius 2 is 2.62 bits per heavy atom. The smallest absolute Gasteiger partial charge is 0.326 e. The highest BCUT2D eigenvalue weighted by Crippen LogP contribution is 2.12. The van der Waals surface area contributed by atoms with E-state index in [-0.39, 0.29) is 5.82 Å². The Bertz CT molecular complexity index is 352. The van der Waals surface area contributed by atoms with Crippen molar-refractivity contribution < 1.29 is 9.90 Å². The van der Waals surface area contributed by atoms with Crippen LogP contribution in [0.15, 0.2) is 6.33 Å².